The van der Waals surface area contributed by atoms with Crippen molar-refractivity contribution in [3.63, 3.8) is 0 Å². The number of H-pyrrole nitrogens is 1. The fraction of sp³-hybridized carbons (Fsp3) is 0.409. The van der Waals surface area contributed by atoms with Gasteiger partial charge < -0.3 is 19.6 Å². The Bertz CT molecular complexity index is 1310. The highest BCUT2D eigenvalue weighted by molar-refractivity contribution is 5.98. The smallest absolute Gasteiger partial charge is 0.359 e. The zero-order chi connectivity index (χ0) is 24.8. The number of esters is 1. The van der Waals surface area contributed by atoms with E-state index in [2.05, 4.69) is 9.97 Å². The Balaban J connectivity index is 1.84. The van der Waals surface area contributed by atoms with Gasteiger partial charge in [-0.2, -0.15) is 0 Å². The number of aromatic nitrogens is 4. The lowest BCUT2D eigenvalue weighted by atomic mass is 10.3. The zero-order valence-corrected chi connectivity index (χ0v) is 19.4. The molecule has 34 heavy (non-hydrogen) atoms. The third-order valence-electron chi connectivity index (χ3n) is 5.27. The predicted octanol–water partition coefficient (Wildman–Crippen LogP) is 0.711. The molecule has 0 saturated carbocycles. The van der Waals surface area contributed by atoms with Crippen LogP contribution in [0.5, 0.6) is 0 Å². The van der Waals surface area contributed by atoms with Crippen LogP contribution in [0.4, 0.5) is 11.5 Å². The Kier molecular flexibility index (Phi) is 7.84. The molecule has 12 nitrogen and oxygen atoms in total. The van der Waals surface area contributed by atoms with Gasteiger partial charge in [-0.1, -0.05) is 19.4 Å². The summed E-state index contributed by atoms with van der Waals surface area (Å²) in [4.78, 5) is 57.8. The first-order chi connectivity index (χ1) is 16.3. The standard InChI is InChI=1S/C22H28N6O6/c1-4-5-9-27-19(23)18(20(30)25-22(27)32)26(10-11-33-3)17(29)13-34-21(31)15-12-28-14(2)7-6-8-16(28)24-15/h6-8,12H,4-5,9-11,13,23H2,1-3H3,(H,25,30,32). The second-order valence-corrected chi connectivity index (χ2v) is 7.63. The molecule has 0 unspecified atom stereocenters. The average Bonchev–Trinajstić information content (AvgIpc) is 3.25. The highest BCUT2D eigenvalue weighted by atomic mass is 16.5. The molecule has 3 rings (SSSR count). The Hall–Kier alpha value is -3.93. The van der Waals surface area contributed by atoms with Gasteiger partial charge in [0.25, 0.3) is 11.5 Å². The summed E-state index contributed by atoms with van der Waals surface area (Å²) in [5.41, 5.74) is 5.93. The first-order valence-corrected chi connectivity index (χ1v) is 10.8. The predicted molar refractivity (Wildman–Crippen MR) is 125 cm³/mol. The van der Waals surface area contributed by atoms with Crippen LogP contribution in [-0.2, 0) is 20.8 Å². The van der Waals surface area contributed by atoms with E-state index in [-0.39, 0.29) is 36.9 Å². The molecule has 3 aromatic heterocycles. The van der Waals surface area contributed by atoms with Gasteiger partial charge in [0, 0.05) is 32.1 Å². The monoisotopic (exact) mass is 472 g/mol. The van der Waals surface area contributed by atoms with Crippen LogP contribution in [0.1, 0.15) is 35.9 Å². The van der Waals surface area contributed by atoms with E-state index in [1.807, 2.05) is 26.0 Å². The fourth-order valence-corrected chi connectivity index (χ4v) is 3.45. The number of imidazole rings is 1. The number of nitrogens with one attached hydrogen (secondary N) is 1. The van der Waals surface area contributed by atoms with E-state index in [1.165, 1.54) is 17.9 Å². The molecule has 182 valence electrons. The normalized spacial score (nSPS) is 11.0. The molecular weight excluding hydrogens is 444 g/mol. The topological polar surface area (TPSA) is 154 Å². The third-order valence-corrected chi connectivity index (χ3v) is 5.27. The van der Waals surface area contributed by atoms with E-state index in [4.69, 9.17) is 15.2 Å². The number of unbranched alkanes of at least 4 members (excludes halogenated alkanes) is 1. The Morgan fingerprint density at radius 2 is 2.03 bits per heavy atom. The Morgan fingerprint density at radius 1 is 1.26 bits per heavy atom. The Morgan fingerprint density at radius 3 is 2.71 bits per heavy atom. The number of amides is 1. The van der Waals surface area contributed by atoms with Crippen molar-refractivity contribution in [3.8, 4) is 0 Å². The molecular formula is C22H28N6O6. The number of fused-ring (bicyclic) bond motifs is 1. The number of carbonyl (C=O) groups excluding carboxylic acids is 2. The van der Waals surface area contributed by atoms with E-state index in [0.29, 0.717) is 12.1 Å². The molecule has 12 heteroatoms. The number of hydrogen-bond donors (Lipinski definition) is 2. The Labute approximate surface area is 194 Å². The van der Waals surface area contributed by atoms with Crippen LogP contribution >= 0.6 is 0 Å². The quantitative estimate of drug-likeness (QED) is 0.409. The number of nitrogen functional groups attached to an aromatic ring is 1. The summed E-state index contributed by atoms with van der Waals surface area (Å²) in [6, 6.07) is 5.42. The number of methoxy groups -OCH3 is 1. The number of aromatic amines is 1. The number of aryl methyl sites for hydroxylation is 1. The van der Waals surface area contributed by atoms with Crippen molar-refractivity contribution in [3.05, 3.63) is 56.6 Å². The summed E-state index contributed by atoms with van der Waals surface area (Å²) in [6.07, 6.45) is 2.97. The molecule has 0 aliphatic rings. The summed E-state index contributed by atoms with van der Waals surface area (Å²) < 4.78 is 13.2. The van der Waals surface area contributed by atoms with Crippen molar-refractivity contribution < 1.29 is 19.1 Å². The van der Waals surface area contributed by atoms with E-state index in [0.717, 1.165) is 17.0 Å². The van der Waals surface area contributed by atoms with Gasteiger partial charge >= 0.3 is 11.7 Å². The van der Waals surface area contributed by atoms with Gasteiger partial charge in [-0.05, 0) is 25.5 Å². The number of ether oxygens (including phenoxy) is 2. The van der Waals surface area contributed by atoms with E-state index in [1.54, 1.807) is 10.5 Å². The fourth-order valence-electron chi connectivity index (χ4n) is 3.45. The first kappa shape index (κ1) is 24.7. The molecule has 0 aliphatic carbocycles. The summed E-state index contributed by atoms with van der Waals surface area (Å²) >= 11 is 0. The van der Waals surface area contributed by atoms with Crippen LogP contribution in [0.25, 0.3) is 5.65 Å². The van der Waals surface area contributed by atoms with Gasteiger partial charge in [0.1, 0.15) is 11.5 Å². The van der Waals surface area contributed by atoms with Crippen molar-refractivity contribution in [1.82, 2.24) is 18.9 Å². The van der Waals surface area contributed by atoms with Crippen LogP contribution in [0.2, 0.25) is 0 Å². The van der Waals surface area contributed by atoms with Gasteiger partial charge in [0.15, 0.2) is 18.0 Å². The lowest BCUT2D eigenvalue weighted by molar-refractivity contribution is -0.121. The number of hydrogen-bond acceptors (Lipinski definition) is 8. The number of pyridine rings is 1. The maximum absolute atomic E-state index is 13.0. The molecule has 3 N–H and O–H groups in total. The largest absolute Gasteiger partial charge is 0.451 e. The van der Waals surface area contributed by atoms with Gasteiger partial charge in [-0.25, -0.2) is 14.6 Å². The molecule has 0 saturated heterocycles. The van der Waals surface area contributed by atoms with Gasteiger partial charge in [0.05, 0.1) is 6.61 Å². The van der Waals surface area contributed by atoms with E-state index in [9.17, 15) is 19.2 Å². The van der Waals surface area contributed by atoms with Crippen LogP contribution in [0, 0.1) is 6.92 Å². The molecule has 3 aromatic rings. The van der Waals surface area contributed by atoms with Crippen molar-refractivity contribution in [2.45, 2.75) is 33.2 Å². The molecule has 0 aliphatic heterocycles. The third kappa shape index (κ3) is 5.17. The van der Waals surface area contributed by atoms with Gasteiger partial charge in [-0.15, -0.1) is 0 Å². The SMILES string of the molecule is CCCCn1c(N)c(N(CCOC)C(=O)COC(=O)c2cn3c(C)cccc3n2)c(=O)[nH]c1=O. The molecule has 0 bridgehead atoms. The number of anilines is 2. The summed E-state index contributed by atoms with van der Waals surface area (Å²) in [6.45, 7) is 3.46. The highest BCUT2D eigenvalue weighted by Crippen LogP contribution is 2.18. The number of nitrogens with zero attached hydrogens (tertiary/aromatic N) is 4. The molecule has 0 fully saturated rings. The molecule has 1 amide bonds. The minimum atomic E-state index is -0.818. The van der Waals surface area contributed by atoms with Gasteiger partial charge in [-0.3, -0.25) is 24.0 Å². The minimum Gasteiger partial charge on any atom is -0.451 e. The zero-order valence-electron chi connectivity index (χ0n) is 19.4. The second-order valence-electron chi connectivity index (χ2n) is 7.63. The first-order valence-electron chi connectivity index (χ1n) is 10.8. The van der Waals surface area contributed by atoms with Crippen LogP contribution < -0.4 is 21.9 Å². The molecule has 3 heterocycles. The molecule has 0 spiro atoms. The highest BCUT2D eigenvalue weighted by Gasteiger charge is 2.25. The maximum Gasteiger partial charge on any atom is 0.359 e. The van der Waals surface area contributed by atoms with E-state index < -0.39 is 29.7 Å². The second kappa shape index (κ2) is 10.8. The average molecular weight is 473 g/mol. The molecule has 0 radical (unpaired) electrons. The van der Waals surface area contributed by atoms with Crippen LogP contribution in [-0.4, -0.2) is 57.7 Å². The van der Waals surface area contributed by atoms with Crippen molar-refractivity contribution in [2.75, 3.05) is 37.5 Å². The molecule has 0 aromatic carbocycles. The van der Waals surface area contributed by atoms with Crippen molar-refractivity contribution >= 4 is 29.0 Å². The minimum absolute atomic E-state index is 0.0380. The van der Waals surface area contributed by atoms with Crippen molar-refractivity contribution in [1.29, 1.82) is 0 Å². The van der Waals surface area contributed by atoms with Crippen molar-refractivity contribution in [2.24, 2.45) is 0 Å². The summed E-state index contributed by atoms with van der Waals surface area (Å²) in [5, 5.41) is 0. The lowest BCUT2D eigenvalue weighted by Crippen LogP contribution is -2.44. The summed E-state index contributed by atoms with van der Waals surface area (Å²) in [5.74, 6) is -1.64. The summed E-state index contributed by atoms with van der Waals surface area (Å²) in [7, 11) is 1.43. The molecule has 0 atom stereocenters. The number of nitrogens with two attached hydrogens (primary N) is 1. The number of carbonyl (C=O) groups is 2. The van der Waals surface area contributed by atoms with Crippen LogP contribution in [0.3, 0.4) is 0 Å². The van der Waals surface area contributed by atoms with Gasteiger partial charge in [0.2, 0.25) is 0 Å². The maximum atomic E-state index is 13.0. The van der Waals surface area contributed by atoms with Crippen LogP contribution in [0.15, 0.2) is 34.0 Å². The van der Waals surface area contributed by atoms with E-state index >= 15 is 0 Å². The lowest BCUT2D eigenvalue weighted by Gasteiger charge is -2.24. The number of rotatable bonds is 10.